The number of benzene rings is 1. The lowest BCUT2D eigenvalue weighted by molar-refractivity contribution is -0.133. The molecule has 0 heterocycles. The van der Waals surface area contributed by atoms with E-state index in [9.17, 15) is 4.79 Å². The fourth-order valence-corrected chi connectivity index (χ4v) is 2.72. The van der Waals surface area contributed by atoms with E-state index in [1.165, 1.54) is 0 Å². The first kappa shape index (κ1) is 15.0. The summed E-state index contributed by atoms with van der Waals surface area (Å²) in [5.74, 6) is -0.124. The molecule has 20 heavy (non-hydrogen) atoms. The van der Waals surface area contributed by atoms with E-state index in [4.69, 9.17) is 10.5 Å². The Morgan fingerprint density at radius 2 is 2.00 bits per heavy atom. The summed E-state index contributed by atoms with van der Waals surface area (Å²) in [7, 11) is 1.71. The average molecular weight is 276 g/mol. The van der Waals surface area contributed by atoms with Crippen LogP contribution in [0.25, 0.3) is 0 Å². The highest BCUT2D eigenvalue weighted by Gasteiger charge is 2.49. The van der Waals surface area contributed by atoms with Crippen LogP contribution in [0.1, 0.15) is 37.4 Å². The Kier molecular flexibility index (Phi) is 4.16. The molecule has 3 N–H and O–H groups in total. The fraction of sp³-hybridized carbons (Fsp3) is 0.562. The molecule has 0 aromatic heterocycles. The number of aryl methyl sites for hydroxylation is 1. The van der Waals surface area contributed by atoms with Crippen molar-refractivity contribution in [2.24, 2.45) is 11.1 Å². The van der Waals surface area contributed by atoms with Crippen molar-refractivity contribution in [3.05, 3.63) is 35.4 Å². The van der Waals surface area contributed by atoms with Crippen LogP contribution in [0.5, 0.6) is 0 Å². The second-order valence-electron chi connectivity index (χ2n) is 6.23. The molecule has 1 aromatic rings. The van der Waals surface area contributed by atoms with Gasteiger partial charge in [0.2, 0.25) is 5.91 Å². The third kappa shape index (κ3) is 2.72. The minimum absolute atomic E-state index is 0.0442. The molecule has 1 aromatic carbocycles. The molecule has 4 heteroatoms. The predicted molar refractivity (Wildman–Crippen MR) is 79.2 cm³/mol. The topological polar surface area (TPSA) is 64.3 Å². The van der Waals surface area contributed by atoms with Crippen molar-refractivity contribution in [3.8, 4) is 0 Å². The third-order valence-corrected chi connectivity index (χ3v) is 4.50. The predicted octanol–water partition coefficient (Wildman–Crippen LogP) is 1.92. The number of amides is 1. The molecule has 0 spiro atoms. The van der Waals surface area contributed by atoms with Crippen LogP contribution in [0.15, 0.2) is 24.3 Å². The SMILES string of the molecule is COC1CC(NC(=O)C(N)c2ccc(C)cc2)C1(C)C. The number of hydrogen-bond donors (Lipinski definition) is 2. The number of nitrogens with one attached hydrogen (secondary N) is 1. The zero-order valence-electron chi connectivity index (χ0n) is 12.6. The van der Waals surface area contributed by atoms with Gasteiger partial charge in [-0.15, -0.1) is 0 Å². The van der Waals surface area contributed by atoms with Crippen molar-refractivity contribution < 1.29 is 9.53 Å². The summed E-state index contributed by atoms with van der Waals surface area (Å²) in [6.07, 6.45) is 1.04. The number of ether oxygens (including phenoxy) is 1. The molecule has 110 valence electrons. The Morgan fingerprint density at radius 1 is 1.40 bits per heavy atom. The molecule has 1 aliphatic rings. The maximum atomic E-state index is 12.2. The van der Waals surface area contributed by atoms with Crippen LogP contribution in [0.3, 0.4) is 0 Å². The van der Waals surface area contributed by atoms with Crippen molar-refractivity contribution >= 4 is 5.91 Å². The summed E-state index contributed by atoms with van der Waals surface area (Å²) in [5, 5.41) is 3.04. The van der Waals surface area contributed by atoms with Crippen LogP contribution >= 0.6 is 0 Å². The molecule has 1 fully saturated rings. The fourth-order valence-electron chi connectivity index (χ4n) is 2.72. The van der Waals surface area contributed by atoms with E-state index in [1.807, 2.05) is 31.2 Å². The zero-order valence-corrected chi connectivity index (χ0v) is 12.6. The first-order valence-electron chi connectivity index (χ1n) is 7.01. The van der Waals surface area contributed by atoms with Crippen molar-refractivity contribution in [3.63, 3.8) is 0 Å². The molecular formula is C16H24N2O2. The number of carbonyl (C=O) groups is 1. The van der Waals surface area contributed by atoms with Gasteiger partial charge in [0, 0.05) is 18.6 Å². The van der Waals surface area contributed by atoms with Gasteiger partial charge < -0.3 is 15.8 Å². The number of hydrogen-bond acceptors (Lipinski definition) is 3. The van der Waals surface area contributed by atoms with E-state index in [-0.39, 0.29) is 23.5 Å². The molecule has 4 nitrogen and oxygen atoms in total. The van der Waals surface area contributed by atoms with E-state index in [0.717, 1.165) is 17.5 Å². The van der Waals surface area contributed by atoms with E-state index in [2.05, 4.69) is 19.2 Å². The van der Waals surface area contributed by atoms with Crippen LogP contribution in [-0.4, -0.2) is 25.2 Å². The first-order valence-corrected chi connectivity index (χ1v) is 7.01. The minimum atomic E-state index is -0.618. The Labute approximate surface area is 120 Å². The summed E-state index contributed by atoms with van der Waals surface area (Å²) < 4.78 is 5.39. The van der Waals surface area contributed by atoms with Gasteiger partial charge in [-0.2, -0.15) is 0 Å². The Balaban J connectivity index is 1.97. The molecule has 0 bridgehead atoms. The molecule has 3 unspecified atom stereocenters. The lowest BCUT2D eigenvalue weighted by Gasteiger charge is -2.51. The highest BCUT2D eigenvalue weighted by atomic mass is 16.5. The lowest BCUT2D eigenvalue weighted by atomic mass is 9.64. The zero-order chi connectivity index (χ0) is 14.9. The Bertz CT molecular complexity index is 482. The standard InChI is InChI=1S/C16H24N2O2/c1-10-5-7-11(8-6-10)14(17)15(19)18-12-9-13(20-4)16(12,2)3/h5-8,12-14H,9,17H2,1-4H3,(H,18,19). The molecule has 0 saturated heterocycles. The number of methoxy groups -OCH3 is 1. The quantitative estimate of drug-likeness (QED) is 0.883. The summed E-state index contributed by atoms with van der Waals surface area (Å²) in [4.78, 5) is 12.2. The van der Waals surface area contributed by atoms with E-state index < -0.39 is 6.04 Å². The molecule has 1 saturated carbocycles. The normalized spacial score (nSPS) is 25.6. The minimum Gasteiger partial charge on any atom is -0.381 e. The van der Waals surface area contributed by atoms with E-state index in [0.29, 0.717) is 0 Å². The second kappa shape index (κ2) is 5.54. The first-order chi connectivity index (χ1) is 9.36. The van der Waals surface area contributed by atoms with Gasteiger partial charge in [0.25, 0.3) is 0 Å². The molecule has 0 radical (unpaired) electrons. The van der Waals surface area contributed by atoms with E-state index in [1.54, 1.807) is 7.11 Å². The van der Waals surface area contributed by atoms with Gasteiger partial charge in [0.15, 0.2) is 0 Å². The van der Waals surface area contributed by atoms with Gasteiger partial charge in [0.1, 0.15) is 6.04 Å². The number of nitrogens with two attached hydrogens (primary N) is 1. The molecule has 2 rings (SSSR count). The van der Waals surface area contributed by atoms with Gasteiger partial charge in [-0.3, -0.25) is 4.79 Å². The van der Waals surface area contributed by atoms with Crippen molar-refractivity contribution in [1.29, 1.82) is 0 Å². The third-order valence-electron chi connectivity index (χ3n) is 4.50. The summed E-state index contributed by atoms with van der Waals surface area (Å²) in [6, 6.07) is 7.25. The molecule has 0 aliphatic heterocycles. The van der Waals surface area contributed by atoms with Crippen molar-refractivity contribution in [1.82, 2.24) is 5.32 Å². The van der Waals surface area contributed by atoms with Crippen LogP contribution < -0.4 is 11.1 Å². The highest BCUT2D eigenvalue weighted by molar-refractivity contribution is 5.83. The van der Waals surface area contributed by atoms with Crippen molar-refractivity contribution in [2.75, 3.05) is 7.11 Å². The molecule has 3 atom stereocenters. The highest BCUT2D eigenvalue weighted by Crippen LogP contribution is 2.42. The van der Waals surface area contributed by atoms with Gasteiger partial charge in [-0.25, -0.2) is 0 Å². The second-order valence-corrected chi connectivity index (χ2v) is 6.23. The summed E-state index contributed by atoms with van der Waals surface area (Å²) >= 11 is 0. The van der Waals surface area contributed by atoms with Crippen LogP contribution in [0, 0.1) is 12.3 Å². The Morgan fingerprint density at radius 3 is 2.50 bits per heavy atom. The summed E-state index contributed by atoms with van der Waals surface area (Å²) in [6.45, 7) is 6.22. The van der Waals surface area contributed by atoms with Crippen LogP contribution in [-0.2, 0) is 9.53 Å². The summed E-state index contributed by atoms with van der Waals surface area (Å²) in [5.41, 5.74) is 7.98. The van der Waals surface area contributed by atoms with Gasteiger partial charge in [-0.1, -0.05) is 43.7 Å². The smallest absolute Gasteiger partial charge is 0.241 e. The molecule has 1 amide bonds. The van der Waals surface area contributed by atoms with Gasteiger partial charge >= 0.3 is 0 Å². The van der Waals surface area contributed by atoms with Crippen molar-refractivity contribution in [2.45, 2.75) is 45.4 Å². The van der Waals surface area contributed by atoms with Crippen LogP contribution in [0.4, 0.5) is 0 Å². The molecule has 1 aliphatic carbocycles. The molecular weight excluding hydrogens is 252 g/mol. The van der Waals surface area contributed by atoms with E-state index >= 15 is 0 Å². The van der Waals surface area contributed by atoms with Crippen LogP contribution in [0.2, 0.25) is 0 Å². The maximum Gasteiger partial charge on any atom is 0.241 e. The maximum absolute atomic E-state index is 12.2. The Hall–Kier alpha value is -1.39. The number of carbonyl (C=O) groups excluding carboxylic acids is 1. The monoisotopic (exact) mass is 276 g/mol. The largest absolute Gasteiger partial charge is 0.381 e. The average Bonchev–Trinajstić information content (AvgIpc) is 2.42. The van der Waals surface area contributed by atoms with Gasteiger partial charge in [0.05, 0.1) is 6.10 Å². The lowest BCUT2D eigenvalue weighted by Crippen LogP contribution is -2.62. The number of rotatable bonds is 4. The van der Waals surface area contributed by atoms with Gasteiger partial charge in [-0.05, 0) is 18.9 Å².